The maximum absolute atomic E-state index is 5.88. The average Bonchev–Trinajstić information content (AvgIpc) is 2.33. The molecule has 1 aromatic carbocycles. The Morgan fingerprint density at radius 1 is 1.19 bits per heavy atom. The Bertz CT molecular complexity index is 456. The smallest absolute Gasteiger partial charge is 0.151 e. The van der Waals surface area contributed by atoms with Gasteiger partial charge < -0.3 is 10.6 Å². The van der Waals surface area contributed by atoms with Gasteiger partial charge in [0.1, 0.15) is 0 Å². The molecule has 0 fully saturated rings. The summed E-state index contributed by atoms with van der Waals surface area (Å²) >= 11 is 0. The number of nitrogens with zero attached hydrogens (tertiary/aromatic N) is 3. The first-order valence-electron chi connectivity index (χ1n) is 5.09. The number of nitrogen functional groups attached to an aromatic ring is 1. The summed E-state index contributed by atoms with van der Waals surface area (Å²) < 4.78 is 0. The van der Waals surface area contributed by atoms with E-state index in [0.717, 1.165) is 23.6 Å². The lowest BCUT2D eigenvalue weighted by atomic mass is 10.2. The van der Waals surface area contributed by atoms with Crippen molar-refractivity contribution in [1.82, 2.24) is 10.2 Å². The molecule has 0 atom stereocenters. The first-order chi connectivity index (χ1) is 7.77. The number of rotatable bonds is 3. The van der Waals surface area contributed by atoms with Crippen LogP contribution in [-0.4, -0.2) is 17.2 Å². The van der Waals surface area contributed by atoms with Gasteiger partial charge in [0, 0.05) is 25.5 Å². The van der Waals surface area contributed by atoms with Crippen LogP contribution in [0.4, 0.5) is 11.5 Å². The molecular formula is C12H14N4. The van der Waals surface area contributed by atoms with E-state index in [0.29, 0.717) is 0 Å². The Morgan fingerprint density at radius 2 is 2.00 bits per heavy atom. The third kappa shape index (κ3) is 2.28. The summed E-state index contributed by atoms with van der Waals surface area (Å²) in [7, 11) is 1.97. The fourth-order valence-electron chi connectivity index (χ4n) is 1.51. The SMILES string of the molecule is CN(Cc1ccccc1N)c1cccnn1. The van der Waals surface area contributed by atoms with Gasteiger partial charge in [0.25, 0.3) is 0 Å². The zero-order valence-electron chi connectivity index (χ0n) is 9.17. The quantitative estimate of drug-likeness (QED) is 0.790. The average molecular weight is 214 g/mol. The molecule has 0 saturated heterocycles. The van der Waals surface area contributed by atoms with Crippen LogP contribution in [0.25, 0.3) is 0 Å². The van der Waals surface area contributed by atoms with Crippen molar-refractivity contribution in [2.45, 2.75) is 6.54 Å². The number of aromatic nitrogens is 2. The lowest BCUT2D eigenvalue weighted by Gasteiger charge is -2.18. The van der Waals surface area contributed by atoms with Crippen molar-refractivity contribution in [2.24, 2.45) is 0 Å². The molecule has 2 rings (SSSR count). The molecule has 0 bridgehead atoms. The van der Waals surface area contributed by atoms with E-state index in [1.54, 1.807) is 6.20 Å². The molecule has 0 unspecified atom stereocenters. The van der Waals surface area contributed by atoms with Crippen LogP contribution in [0.15, 0.2) is 42.6 Å². The van der Waals surface area contributed by atoms with E-state index in [1.165, 1.54) is 0 Å². The van der Waals surface area contributed by atoms with Crippen molar-refractivity contribution in [1.29, 1.82) is 0 Å². The summed E-state index contributed by atoms with van der Waals surface area (Å²) in [4.78, 5) is 2.01. The Balaban J connectivity index is 2.14. The molecule has 0 aliphatic heterocycles. The molecule has 2 aromatic rings. The molecule has 0 aliphatic carbocycles. The summed E-state index contributed by atoms with van der Waals surface area (Å²) in [6.45, 7) is 0.728. The monoisotopic (exact) mass is 214 g/mol. The van der Waals surface area contributed by atoms with Gasteiger partial charge >= 0.3 is 0 Å². The van der Waals surface area contributed by atoms with E-state index in [-0.39, 0.29) is 0 Å². The van der Waals surface area contributed by atoms with Gasteiger partial charge in [-0.2, -0.15) is 5.10 Å². The third-order valence-electron chi connectivity index (χ3n) is 2.41. The molecule has 4 heteroatoms. The van der Waals surface area contributed by atoms with Crippen LogP contribution in [0.2, 0.25) is 0 Å². The molecule has 4 nitrogen and oxygen atoms in total. The Morgan fingerprint density at radius 3 is 2.69 bits per heavy atom. The Hall–Kier alpha value is -2.10. The van der Waals surface area contributed by atoms with Crippen molar-refractivity contribution in [3.8, 4) is 0 Å². The van der Waals surface area contributed by atoms with E-state index >= 15 is 0 Å². The highest BCUT2D eigenvalue weighted by atomic mass is 15.2. The molecular weight excluding hydrogens is 200 g/mol. The number of para-hydroxylation sites is 1. The number of anilines is 2. The highest BCUT2D eigenvalue weighted by Crippen LogP contribution is 2.15. The maximum Gasteiger partial charge on any atom is 0.151 e. The molecule has 0 amide bonds. The highest BCUT2D eigenvalue weighted by molar-refractivity contribution is 5.49. The van der Waals surface area contributed by atoms with Gasteiger partial charge in [-0.1, -0.05) is 18.2 Å². The predicted octanol–water partition coefficient (Wildman–Crippen LogP) is 1.70. The van der Waals surface area contributed by atoms with Crippen LogP contribution in [0.5, 0.6) is 0 Å². The van der Waals surface area contributed by atoms with E-state index in [4.69, 9.17) is 5.73 Å². The van der Waals surface area contributed by atoms with Crippen LogP contribution in [0.1, 0.15) is 5.56 Å². The zero-order chi connectivity index (χ0) is 11.4. The maximum atomic E-state index is 5.88. The van der Waals surface area contributed by atoms with E-state index in [9.17, 15) is 0 Å². The van der Waals surface area contributed by atoms with Crippen LogP contribution in [0, 0.1) is 0 Å². The third-order valence-corrected chi connectivity index (χ3v) is 2.41. The molecule has 2 N–H and O–H groups in total. The number of hydrogen-bond donors (Lipinski definition) is 1. The van der Waals surface area contributed by atoms with Gasteiger partial charge in [0.15, 0.2) is 5.82 Å². The Kier molecular flexibility index (Phi) is 3.00. The summed E-state index contributed by atoms with van der Waals surface area (Å²) in [5.41, 5.74) is 7.78. The van der Waals surface area contributed by atoms with E-state index in [2.05, 4.69) is 10.2 Å². The van der Waals surface area contributed by atoms with Gasteiger partial charge in [0.2, 0.25) is 0 Å². The van der Waals surface area contributed by atoms with Crippen molar-refractivity contribution in [3.05, 3.63) is 48.2 Å². The minimum atomic E-state index is 0.728. The van der Waals surface area contributed by atoms with E-state index in [1.807, 2.05) is 48.3 Å². The molecule has 0 radical (unpaired) electrons. The van der Waals surface area contributed by atoms with Gasteiger partial charge in [-0.25, -0.2) is 0 Å². The van der Waals surface area contributed by atoms with Gasteiger partial charge in [-0.05, 0) is 23.8 Å². The number of hydrogen-bond acceptors (Lipinski definition) is 4. The molecule has 0 saturated carbocycles. The first kappa shape index (κ1) is 10.4. The fourth-order valence-corrected chi connectivity index (χ4v) is 1.51. The standard InChI is InChI=1S/C12H14N4/c1-16(12-7-4-8-14-15-12)9-10-5-2-3-6-11(10)13/h2-8H,9,13H2,1H3. The van der Waals surface area contributed by atoms with E-state index < -0.39 is 0 Å². The van der Waals surface area contributed by atoms with Crippen molar-refractivity contribution in [2.75, 3.05) is 17.7 Å². The van der Waals surface area contributed by atoms with Gasteiger partial charge in [-0.15, -0.1) is 5.10 Å². The van der Waals surface area contributed by atoms with Crippen LogP contribution >= 0.6 is 0 Å². The van der Waals surface area contributed by atoms with Crippen molar-refractivity contribution >= 4 is 11.5 Å². The largest absolute Gasteiger partial charge is 0.398 e. The predicted molar refractivity (Wildman–Crippen MR) is 65.0 cm³/mol. The summed E-state index contributed by atoms with van der Waals surface area (Å²) in [5.74, 6) is 0.839. The molecule has 0 spiro atoms. The molecule has 16 heavy (non-hydrogen) atoms. The second-order valence-corrected chi connectivity index (χ2v) is 3.64. The number of benzene rings is 1. The highest BCUT2D eigenvalue weighted by Gasteiger charge is 2.05. The van der Waals surface area contributed by atoms with Crippen LogP contribution < -0.4 is 10.6 Å². The molecule has 0 aliphatic rings. The van der Waals surface area contributed by atoms with Crippen LogP contribution in [-0.2, 0) is 6.54 Å². The molecule has 1 heterocycles. The lowest BCUT2D eigenvalue weighted by molar-refractivity contribution is 0.868. The topological polar surface area (TPSA) is 55.0 Å². The summed E-state index contributed by atoms with van der Waals surface area (Å²) in [6.07, 6.45) is 1.66. The molecule has 1 aromatic heterocycles. The Labute approximate surface area is 94.7 Å². The van der Waals surface area contributed by atoms with Gasteiger partial charge in [0.05, 0.1) is 0 Å². The normalized spacial score (nSPS) is 10.1. The van der Waals surface area contributed by atoms with Crippen LogP contribution in [0.3, 0.4) is 0 Å². The fraction of sp³-hybridized carbons (Fsp3) is 0.167. The zero-order valence-corrected chi connectivity index (χ0v) is 9.17. The second kappa shape index (κ2) is 4.61. The summed E-state index contributed by atoms with van der Waals surface area (Å²) in [5, 5.41) is 7.89. The lowest BCUT2D eigenvalue weighted by Crippen LogP contribution is -2.18. The van der Waals surface area contributed by atoms with Crippen molar-refractivity contribution < 1.29 is 0 Å². The summed E-state index contributed by atoms with van der Waals surface area (Å²) in [6, 6.07) is 11.6. The molecule has 82 valence electrons. The minimum Gasteiger partial charge on any atom is -0.398 e. The van der Waals surface area contributed by atoms with Crippen molar-refractivity contribution in [3.63, 3.8) is 0 Å². The first-order valence-corrected chi connectivity index (χ1v) is 5.09. The minimum absolute atomic E-state index is 0.728. The second-order valence-electron chi connectivity index (χ2n) is 3.64. The number of nitrogens with two attached hydrogens (primary N) is 1. The van der Waals surface area contributed by atoms with Gasteiger partial charge in [-0.3, -0.25) is 0 Å².